The first-order valence-electron chi connectivity index (χ1n) is 7.15. The number of nitrogens with zero attached hydrogens (tertiary/aromatic N) is 4. The molecule has 0 aromatic carbocycles. The van der Waals surface area contributed by atoms with Gasteiger partial charge in [-0.05, 0) is 40.4 Å². The number of nitrogens with one attached hydrogen (secondary N) is 1. The van der Waals surface area contributed by atoms with Crippen LogP contribution in [-0.2, 0) is 13.1 Å². The van der Waals surface area contributed by atoms with Crippen molar-refractivity contribution >= 4 is 33.2 Å². The molecule has 0 unspecified atom stereocenters. The van der Waals surface area contributed by atoms with Crippen molar-refractivity contribution in [3.63, 3.8) is 0 Å². The summed E-state index contributed by atoms with van der Waals surface area (Å²) in [4.78, 5) is 15.3. The number of thiophene rings is 1. The third-order valence-corrected chi connectivity index (χ3v) is 5.08. The normalized spacial score (nSPS) is 10.9. The molecule has 0 saturated carbocycles. The second-order valence-electron chi connectivity index (χ2n) is 5.06. The maximum Gasteiger partial charge on any atom is 0.274 e. The van der Waals surface area contributed by atoms with Gasteiger partial charge in [-0.3, -0.25) is 14.6 Å². The largest absolute Gasteiger partial charge is 0.334 e. The number of aromatic amines is 1. The molecule has 0 bridgehead atoms. The average Bonchev–Trinajstić information content (AvgIpc) is 3.27. The van der Waals surface area contributed by atoms with Crippen LogP contribution in [0.2, 0.25) is 0 Å². The van der Waals surface area contributed by atoms with E-state index in [2.05, 4.69) is 31.2 Å². The fraction of sp³-hybridized carbons (Fsp3) is 0.267. The van der Waals surface area contributed by atoms with Crippen LogP contribution in [0.1, 0.15) is 23.1 Å². The van der Waals surface area contributed by atoms with E-state index in [1.807, 2.05) is 29.1 Å². The number of halogens is 1. The van der Waals surface area contributed by atoms with Gasteiger partial charge in [0.25, 0.3) is 5.91 Å². The van der Waals surface area contributed by atoms with Crippen molar-refractivity contribution in [2.45, 2.75) is 20.0 Å². The maximum absolute atomic E-state index is 12.6. The first-order valence-corrected chi connectivity index (χ1v) is 8.82. The van der Waals surface area contributed by atoms with Gasteiger partial charge >= 0.3 is 0 Å². The Hall–Kier alpha value is -1.93. The lowest BCUT2D eigenvalue weighted by molar-refractivity contribution is 0.0775. The van der Waals surface area contributed by atoms with Gasteiger partial charge in [0.1, 0.15) is 0 Å². The van der Waals surface area contributed by atoms with Gasteiger partial charge in [0.15, 0.2) is 5.69 Å². The van der Waals surface area contributed by atoms with E-state index >= 15 is 0 Å². The molecule has 3 rings (SSSR count). The average molecular weight is 394 g/mol. The lowest BCUT2D eigenvalue weighted by atomic mass is 10.3. The van der Waals surface area contributed by atoms with Crippen LogP contribution in [0.3, 0.4) is 0 Å². The highest BCUT2D eigenvalue weighted by Gasteiger charge is 2.19. The Morgan fingerprint density at radius 1 is 1.52 bits per heavy atom. The Kier molecular flexibility index (Phi) is 4.63. The first kappa shape index (κ1) is 15.9. The molecule has 6 nitrogen and oxygen atoms in total. The second-order valence-corrected chi connectivity index (χ2v) is 6.86. The Balaban J connectivity index is 1.76. The molecule has 0 spiro atoms. The van der Waals surface area contributed by atoms with Crippen LogP contribution in [0.15, 0.2) is 34.2 Å². The van der Waals surface area contributed by atoms with Crippen molar-refractivity contribution in [2.75, 3.05) is 7.05 Å². The topological polar surface area (TPSA) is 66.8 Å². The molecule has 0 fully saturated rings. The fourth-order valence-electron chi connectivity index (χ4n) is 2.30. The smallest absolute Gasteiger partial charge is 0.274 e. The maximum atomic E-state index is 12.6. The standard InChI is InChI=1S/C15H16BrN5OS/c1-3-21-13(10(16)8-17-21)9-20(2)15(22)12-7-11(18-19-12)14-5-4-6-23-14/h4-8H,3,9H2,1-2H3,(H,18,19). The molecule has 1 N–H and O–H groups in total. The lowest BCUT2D eigenvalue weighted by Crippen LogP contribution is -2.28. The van der Waals surface area contributed by atoms with Crippen molar-refractivity contribution in [2.24, 2.45) is 0 Å². The number of aromatic nitrogens is 4. The molecule has 0 aliphatic carbocycles. The quantitative estimate of drug-likeness (QED) is 0.722. The molecule has 0 saturated heterocycles. The molecular formula is C15H16BrN5OS. The van der Waals surface area contributed by atoms with E-state index in [0.717, 1.165) is 27.3 Å². The lowest BCUT2D eigenvalue weighted by Gasteiger charge is -2.17. The summed E-state index contributed by atoms with van der Waals surface area (Å²) in [7, 11) is 1.77. The second kappa shape index (κ2) is 6.67. The number of amides is 1. The van der Waals surface area contributed by atoms with E-state index in [1.54, 1.807) is 35.5 Å². The highest BCUT2D eigenvalue weighted by atomic mass is 79.9. The van der Waals surface area contributed by atoms with Gasteiger partial charge in [-0.1, -0.05) is 6.07 Å². The molecule has 3 aromatic heterocycles. The molecule has 23 heavy (non-hydrogen) atoms. The zero-order chi connectivity index (χ0) is 16.4. The van der Waals surface area contributed by atoms with Gasteiger partial charge in [-0.25, -0.2) is 0 Å². The summed E-state index contributed by atoms with van der Waals surface area (Å²) in [6.45, 7) is 3.24. The number of aryl methyl sites for hydroxylation is 1. The van der Waals surface area contributed by atoms with E-state index < -0.39 is 0 Å². The van der Waals surface area contributed by atoms with Crippen molar-refractivity contribution in [1.29, 1.82) is 0 Å². The Labute approximate surface area is 146 Å². The van der Waals surface area contributed by atoms with Crippen LogP contribution < -0.4 is 0 Å². The number of hydrogen-bond acceptors (Lipinski definition) is 4. The fourth-order valence-corrected chi connectivity index (χ4v) is 3.41. The third-order valence-electron chi connectivity index (χ3n) is 3.51. The predicted molar refractivity (Wildman–Crippen MR) is 93.3 cm³/mol. The van der Waals surface area contributed by atoms with Gasteiger partial charge in [0, 0.05) is 13.6 Å². The Bertz CT molecular complexity index is 808. The number of carbonyl (C=O) groups excluding carboxylic acids is 1. The molecule has 0 radical (unpaired) electrons. The number of H-pyrrole nitrogens is 1. The van der Waals surface area contributed by atoms with Crippen molar-refractivity contribution < 1.29 is 4.79 Å². The molecule has 3 heterocycles. The van der Waals surface area contributed by atoms with E-state index in [4.69, 9.17) is 0 Å². The van der Waals surface area contributed by atoms with E-state index in [9.17, 15) is 4.79 Å². The van der Waals surface area contributed by atoms with Crippen molar-refractivity contribution in [3.8, 4) is 10.6 Å². The van der Waals surface area contributed by atoms with Crippen LogP contribution in [-0.4, -0.2) is 37.8 Å². The van der Waals surface area contributed by atoms with Crippen LogP contribution in [0.5, 0.6) is 0 Å². The summed E-state index contributed by atoms with van der Waals surface area (Å²) in [6.07, 6.45) is 1.75. The molecule has 0 aliphatic rings. The summed E-state index contributed by atoms with van der Waals surface area (Å²) < 4.78 is 2.77. The molecule has 0 atom stereocenters. The van der Waals surface area contributed by atoms with E-state index in [1.165, 1.54) is 0 Å². The molecular weight excluding hydrogens is 378 g/mol. The number of rotatable bonds is 5. The monoisotopic (exact) mass is 393 g/mol. The van der Waals surface area contributed by atoms with Gasteiger partial charge in [0.05, 0.1) is 33.5 Å². The Morgan fingerprint density at radius 3 is 3.04 bits per heavy atom. The van der Waals surface area contributed by atoms with Crippen LogP contribution in [0.25, 0.3) is 10.6 Å². The number of hydrogen-bond donors (Lipinski definition) is 1. The highest BCUT2D eigenvalue weighted by Crippen LogP contribution is 2.24. The molecule has 1 amide bonds. The van der Waals surface area contributed by atoms with Crippen LogP contribution in [0.4, 0.5) is 0 Å². The molecule has 3 aromatic rings. The third kappa shape index (κ3) is 3.23. The van der Waals surface area contributed by atoms with Gasteiger partial charge in [0.2, 0.25) is 0 Å². The predicted octanol–water partition coefficient (Wildman–Crippen LogP) is 3.39. The van der Waals surface area contributed by atoms with Gasteiger partial charge < -0.3 is 4.90 Å². The van der Waals surface area contributed by atoms with Crippen molar-refractivity contribution in [1.82, 2.24) is 24.9 Å². The summed E-state index contributed by atoms with van der Waals surface area (Å²) in [5, 5.41) is 13.3. The first-order chi connectivity index (χ1) is 11.1. The summed E-state index contributed by atoms with van der Waals surface area (Å²) in [5.41, 5.74) is 2.24. The summed E-state index contributed by atoms with van der Waals surface area (Å²) >= 11 is 5.09. The molecule has 8 heteroatoms. The van der Waals surface area contributed by atoms with Crippen LogP contribution >= 0.6 is 27.3 Å². The minimum atomic E-state index is -0.125. The van der Waals surface area contributed by atoms with Crippen molar-refractivity contribution in [3.05, 3.63) is 45.6 Å². The van der Waals surface area contributed by atoms with Gasteiger partial charge in [-0.15, -0.1) is 11.3 Å². The van der Waals surface area contributed by atoms with Crippen LogP contribution in [0, 0.1) is 0 Å². The molecule has 120 valence electrons. The SMILES string of the molecule is CCn1ncc(Br)c1CN(C)C(=O)c1cc(-c2cccs2)[nH]n1. The van der Waals surface area contributed by atoms with Gasteiger partial charge in [-0.2, -0.15) is 10.2 Å². The molecule has 0 aliphatic heterocycles. The zero-order valence-electron chi connectivity index (χ0n) is 12.8. The van der Waals surface area contributed by atoms with E-state index in [-0.39, 0.29) is 5.91 Å². The Morgan fingerprint density at radius 2 is 2.35 bits per heavy atom. The zero-order valence-corrected chi connectivity index (χ0v) is 15.2. The minimum absolute atomic E-state index is 0.125. The summed E-state index contributed by atoms with van der Waals surface area (Å²) in [5.74, 6) is -0.125. The number of carbonyl (C=O) groups is 1. The summed E-state index contributed by atoms with van der Waals surface area (Å²) in [6, 6.07) is 5.75. The minimum Gasteiger partial charge on any atom is -0.334 e. The van der Waals surface area contributed by atoms with E-state index in [0.29, 0.717) is 12.2 Å². The highest BCUT2D eigenvalue weighted by molar-refractivity contribution is 9.10.